The lowest BCUT2D eigenvalue weighted by molar-refractivity contribution is 0.852. The predicted molar refractivity (Wildman–Crippen MR) is 231 cm³/mol. The Bertz CT molecular complexity index is 2350. The van der Waals surface area contributed by atoms with Crippen LogP contribution in [0.5, 0.6) is 0 Å². The lowest BCUT2D eigenvalue weighted by atomic mass is 9.90. The standard InChI is InChI=1S/C52H47N/c1-4-7-19-39-32-33-45(34-41(39)20-8-5-2)43-26-17-28-48(36-43)53(52-31-16-15-30-50(52)40-22-11-10-12-23-40)49-29-18-27-47(37-49)51-38-44-25-14-13-24-42(44)35-46(51)21-9-6-3/h4-6,9-18,21-22,24-38,40H,1-3,7-8,19-20,23H2/b21-9-. The van der Waals surface area contributed by atoms with Gasteiger partial charge in [0.25, 0.3) is 0 Å². The summed E-state index contributed by atoms with van der Waals surface area (Å²) in [4.78, 5) is 2.45. The summed E-state index contributed by atoms with van der Waals surface area (Å²) in [7, 11) is 0. The molecule has 260 valence electrons. The number of hydrogen-bond acceptors (Lipinski definition) is 1. The van der Waals surface area contributed by atoms with E-state index in [9.17, 15) is 0 Å². The van der Waals surface area contributed by atoms with Gasteiger partial charge in [-0.1, -0.05) is 146 Å². The summed E-state index contributed by atoms with van der Waals surface area (Å²) in [5.74, 6) is 0.289. The van der Waals surface area contributed by atoms with Crippen molar-refractivity contribution in [2.75, 3.05) is 4.90 Å². The Morgan fingerprint density at radius 2 is 1.28 bits per heavy atom. The lowest BCUT2D eigenvalue weighted by Crippen LogP contribution is -2.14. The zero-order valence-corrected chi connectivity index (χ0v) is 30.5. The topological polar surface area (TPSA) is 3.24 Å². The van der Waals surface area contributed by atoms with Gasteiger partial charge in [0.1, 0.15) is 0 Å². The minimum absolute atomic E-state index is 0.289. The monoisotopic (exact) mass is 685 g/mol. The molecule has 0 saturated heterocycles. The predicted octanol–water partition coefficient (Wildman–Crippen LogP) is 14.7. The minimum atomic E-state index is 0.289. The Balaban J connectivity index is 1.39. The molecule has 0 heterocycles. The van der Waals surface area contributed by atoms with Gasteiger partial charge in [-0.05, 0) is 130 Å². The fourth-order valence-electron chi connectivity index (χ4n) is 7.50. The highest BCUT2D eigenvalue weighted by Crippen LogP contribution is 2.43. The maximum atomic E-state index is 4.00. The molecule has 0 radical (unpaired) electrons. The number of anilines is 3. The summed E-state index contributed by atoms with van der Waals surface area (Å²) >= 11 is 0. The summed E-state index contributed by atoms with van der Waals surface area (Å²) in [6.07, 6.45) is 23.9. The molecule has 1 aliphatic rings. The normalized spacial score (nSPS) is 13.7. The maximum absolute atomic E-state index is 4.00. The lowest BCUT2D eigenvalue weighted by Gasteiger charge is -2.30. The first kappa shape index (κ1) is 35.2. The first-order valence-electron chi connectivity index (χ1n) is 18.8. The Morgan fingerprint density at radius 3 is 2.02 bits per heavy atom. The molecule has 1 atom stereocenters. The molecule has 53 heavy (non-hydrogen) atoms. The van der Waals surface area contributed by atoms with Gasteiger partial charge < -0.3 is 4.90 Å². The van der Waals surface area contributed by atoms with Crippen LogP contribution in [0.3, 0.4) is 0 Å². The molecule has 6 aromatic rings. The molecule has 7 rings (SSSR count). The van der Waals surface area contributed by atoms with Crippen LogP contribution >= 0.6 is 0 Å². The molecule has 0 spiro atoms. The fraction of sp³-hybridized carbons (Fsp3) is 0.115. The second-order valence-electron chi connectivity index (χ2n) is 13.7. The molecule has 6 aromatic carbocycles. The van der Waals surface area contributed by atoms with E-state index in [-0.39, 0.29) is 5.92 Å². The number of fused-ring (bicyclic) bond motifs is 1. The third-order valence-electron chi connectivity index (χ3n) is 10.2. The van der Waals surface area contributed by atoms with Gasteiger partial charge >= 0.3 is 0 Å². The summed E-state index contributed by atoms with van der Waals surface area (Å²) in [5, 5.41) is 2.44. The summed E-state index contributed by atoms with van der Waals surface area (Å²) in [5.41, 5.74) is 13.4. The van der Waals surface area contributed by atoms with Crippen molar-refractivity contribution in [2.45, 2.75) is 38.0 Å². The van der Waals surface area contributed by atoms with Crippen LogP contribution in [0.1, 0.15) is 47.4 Å². The van der Waals surface area contributed by atoms with E-state index in [4.69, 9.17) is 0 Å². The number of rotatable bonds is 14. The van der Waals surface area contributed by atoms with Crippen molar-refractivity contribution >= 4 is 33.9 Å². The average Bonchev–Trinajstić information content (AvgIpc) is 3.22. The van der Waals surface area contributed by atoms with Gasteiger partial charge in [-0.25, -0.2) is 0 Å². The van der Waals surface area contributed by atoms with Gasteiger partial charge in [-0.3, -0.25) is 0 Å². The van der Waals surface area contributed by atoms with Crippen LogP contribution < -0.4 is 4.90 Å². The molecule has 0 aliphatic heterocycles. The Labute approximate surface area is 316 Å². The van der Waals surface area contributed by atoms with E-state index in [1.165, 1.54) is 49.8 Å². The number of allylic oxidation sites excluding steroid dienone is 8. The van der Waals surface area contributed by atoms with Crippen molar-refractivity contribution in [1.29, 1.82) is 0 Å². The van der Waals surface area contributed by atoms with Crippen molar-refractivity contribution in [3.8, 4) is 22.3 Å². The molecule has 1 nitrogen and oxygen atoms in total. The molecule has 0 fully saturated rings. The van der Waals surface area contributed by atoms with E-state index < -0.39 is 0 Å². The van der Waals surface area contributed by atoms with E-state index in [0.717, 1.165) is 54.6 Å². The van der Waals surface area contributed by atoms with Crippen LogP contribution in [-0.4, -0.2) is 0 Å². The van der Waals surface area contributed by atoms with Gasteiger partial charge in [-0.2, -0.15) is 0 Å². The molecule has 1 aliphatic carbocycles. The second kappa shape index (κ2) is 16.9. The second-order valence-corrected chi connectivity index (χ2v) is 13.7. The van der Waals surface area contributed by atoms with Crippen molar-refractivity contribution < 1.29 is 0 Å². The quantitative estimate of drug-likeness (QED) is 0.0815. The zero-order valence-electron chi connectivity index (χ0n) is 30.5. The number of hydrogen-bond donors (Lipinski definition) is 0. The number of nitrogens with zero attached hydrogens (tertiary/aromatic N) is 1. The highest BCUT2D eigenvalue weighted by Gasteiger charge is 2.21. The SMILES string of the molecule is C=C/C=C\c1cc2ccccc2cc1-c1cccc(N(c2cccc(-c3ccc(CCC=C)c(CCC=C)c3)c2)c2ccccc2C2C=CC=CC2)c1. The Hall–Kier alpha value is -6.18. The molecule has 0 bridgehead atoms. The molecule has 0 saturated carbocycles. The molecule has 0 N–H and O–H groups in total. The molecule has 0 aromatic heterocycles. The van der Waals surface area contributed by atoms with Crippen LogP contribution in [0.2, 0.25) is 0 Å². The Morgan fingerprint density at radius 1 is 0.604 bits per heavy atom. The first-order chi connectivity index (χ1) is 26.2. The number of aryl methyl sites for hydroxylation is 2. The third-order valence-corrected chi connectivity index (χ3v) is 10.2. The van der Waals surface area contributed by atoms with E-state index >= 15 is 0 Å². The van der Waals surface area contributed by atoms with Crippen molar-refractivity contribution in [1.82, 2.24) is 0 Å². The van der Waals surface area contributed by atoms with Gasteiger partial charge in [-0.15, -0.1) is 13.2 Å². The zero-order chi connectivity index (χ0) is 36.4. The molecular formula is C52H47N. The van der Waals surface area contributed by atoms with Crippen LogP contribution in [0.15, 0.2) is 196 Å². The van der Waals surface area contributed by atoms with Crippen LogP contribution in [0.25, 0.3) is 39.1 Å². The number of para-hydroxylation sites is 1. The van der Waals surface area contributed by atoms with Crippen molar-refractivity contribution in [3.63, 3.8) is 0 Å². The van der Waals surface area contributed by atoms with E-state index in [2.05, 4.69) is 182 Å². The Kier molecular flexibility index (Phi) is 11.2. The van der Waals surface area contributed by atoms with Gasteiger partial charge in [0.05, 0.1) is 0 Å². The van der Waals surface area contributed by atoms with Gasteiger partial charge in [0, 0.05) is 23.0 Å². The highest BCUT2D eigenvalue weighted by molar-refractivity contribution is 5.93. The maximum Gasteiger partial charge on any atom is 0.0499 e. The van der Waals surface area contributed by atoms with Gasteiger partial charge in [0.15, 0.2) is 0 Å². The third kappa shape index (κ3) is 8.01. The summed E-state index contributed by atoms with van der Waals surface area (Å²) < 4.78 is 0. The van der Waals surface area contributed by atoms with Crippen LogP contribution in [-0.2, 0) is 12.8 Å². The first-order valence-corrected chi connectivity index (χ1v) is 18.8. The van der Waals surface area contributed by atoms with Gasteiger partial charge in [0.2, 0.25) is 0 Å². The summed E-state index contributed by atoms with van der Waals surface area (Å²) in [6, 6.07) is 47.1. The molecule has 1 heteroatoms. The van der Waals surface area contributed by atoms with E-state index in [1.54, 1.807) is 0 Å². The van der Waals surface area contributed by atoms with Crippen molar-refractivity contribution in [2.24, 2.45) is 0 Å². The van der Waals surface area contributed by atoms with E-state index in [0.29, 0.717) is 0 Å². The fourth-order valence-corrected chi connectivity index (χ4v) is 7.50. The molecular weight excluding hydrogens is 639 g/mol. The average molecular weight is 686 g/mol. The molecule has 0 amide bonds. The minimum Gasteiger partial charge on any atom is -0.310 e. The van der Waals surface area contributed by atoms with Crippen LogP contribution in [0.4, 0.5) is 17.1 Å². The van der Waals surface area contributed by atoms with Crippen LogP contribution in [0, 0.1) is 0 Å². The summed E-state index contributed by atoms with van der Waals surface area (Å²) in [6.45, 7) is 11.9. The largest absolute Gasteiger partial charge is 0.310 e. The highest BCUT2D eigenvalue weighted by atomic mass is 15.1. The van der Waals surface area contributed by atoms with E-state index in [1.807, 2.05) is 24.3 Å². The van der Waals surface area contributed by atoms with Crippen molar-refractivity contribution in [3.05, 3.63) is 218 Å². The number of benzene rings is 6. The molecule has 1 unspecified atom stereocenters. The smallest absolute Gasteiger partial charge is 0.0499 e.